The third-order valence-corrected chi connectivity index (χ3v) is 7.02. The van der Waals surface area contributed by atoms with Crippen LogP contribution in [-0.2, 0) is 10.0 Å². The number of rotatable bonds is 4. The van der Waals surface area contributed by atoms with E-state index in [2.05, 4.69) is 11.0 Å². The summed E-state index contributed by atoms with van der Waals surface area (Å²) in [5.74, 6) is 0. The number of sulfonamides is 1. The highest BCUT2D eigenvalue weighted by molar-refractivity contribution is 7.89. The first-order valence-electron chi connectivity index (χ1n) is 8.53. The van der Waals surface area contributed by atoms with Crippen molar-refractivity contribution in [2.75, 3.05) is 20.1 Å². The van der Waals surface area contributed by atoms with E-state index in [1.165, 1.54) is 4.31 Å². The highest BCUT2D eigenvalue weighted by Crippen LogP contribution is 2.27. The Labute approximate surface area is 144 Å². The van der Waals surface area contributed by atoms with E-state index >= 15 is 0 Å². The maximum atomic E-state index is 12.8. The summed E-state index contributed by atoms with van der Waals surface area (Å²) in [6.07, 6.45) is 6.30. The Kier molecular flexibility index (Phi) is 5.11. The molecule has 0 radical (unpaired) electrons. The van der Waals surface area contributed by atoms with Gasteiger partial charge in [-0.15, -0.1) is 0 Å². The Morgan fingerprint density at radius 2 is 1.92 bits per heavy atom. The van der Waals surface area contributed by atoms with Crippen LogP contribution in [0.2, 0.25) is 0 Å². The van der Waals surface area contributed by atoms with Crippen molar-refractivity contribution in [2.45, 2.75) is 49.3 Å². The Morgan fingerprint density at radius 1 is 1.21 bits per heavy atom. The Bertz CT molecular complexity index is 709. The third-order valence-electron chi connectivity index (χ3n) is 5.14. The fourth-order valence-corrected chi connectivity index (χ4v) is 4.97. The van der Waals surface area contributed by atoms with Crippen molar-refractivity contribution in [1.29, 1.82) is 0 Å². The SMILES string of the molecule is Cc1cccc(S(=O)(=O)N(C)C2C=CC(N3CCC(O)CC3)C2)c1. The number of likely N-dealkylation sites (tertiary alicyclic amines) is 1. The van der Waals surface area contributed by atoms with E-state index in [9.17, 15) is 13.5 Å². The normalized spacial score (nSPS) is 26.3. The van der Waals surface area contributed by atoms with Crippen LogP contribution in [0.5, 0.6) is 0 Å². The standard InChI is InChI=1S/C18H26N2O3S/c1-14-4-3-5-18(12-14)24(22,23)19(2)15-6-7-16(13-15)20-10-8-17(21)9-11-20/h3-7,12,15-17,21H,8-11,13H2,1-2H3. The number of aliphatic hydroxyl groups excluding tert-OH is 1. The van der Waals surface area contributed by atoms with Gasteiger partial charge in [0.1, 0.15) is 0 Å². The summed E-state index contributed by atoms with van der Waals surface area (Å²) in [6.45, 7) is 3.64. The van der Waals surface area contributed by atoms with E-state index in [0.29, 0.717) is 4.90 Å². The number of piperidine rings is 1. The van der Waals surface area contributed by atoms with Crippen LogP contribution in [0.3, 0.4) is 0 Å². The van der Waals surface area contributed by atoms with Crippen molar-refractivity contribution in [3.05, 3.63) is 42.0 Å². The zero-order chi connectivity index (χ0) is 17.3. The van der Waals surface area contributed by atoms with Gasteiger partial charge in [0.2, 0.25) is 10.0 Å². The average molecular weight is 350 g/mol. The molecule has 0 bridgehead atoms. The molecule has 1 fully saturated rings. The van der Waals surface area contributed by atoms with Crippen molar-refractivity contribution in [3.63, 3.8) is 0 Å². The molecule has 2 unspecified atom stereocenters. The lowest BCUT2D eigenvalue weighted by molar-refractivity contribution is 0.0685. The van der Waals surface area contributed by atoms with E-state index in [1.807, 2.05) is 19.1 Å². The maximum absolute atomic E-state index is 12.8. The summed E-state index contributed by atoms with van der Waals surface area (Å²) in [5, 5.41) is 9.63. The van der Waals surface area contributed by atoms with Crippen molar-refractivity contribution < 1.29 is 13.5 Å². The fraction of sp³-hybridized carbons (Fsp3) is 0.556. The molecule has 5 nitrogen and oxygen atoms in total. The molecule has 3 rings (SSSR count). The summed E-state index contributed by atoms with van der Waals surface area (Å²) in [7, 11) is -1.82. The molecule has 1 aliphatic heterocycles. The van der Waals surface area contributed by atoms with Gasteiger partial charge in [-0.25, -0.2) is 8.42 Å². The molecule has 1 aliphatic carbocycles. The summed E-state index contributed by atoms with van der Waals surface area (Å²) in [6, 6.07) is 7.19. The van der Waals surface area contributed by atoms with Gasteiger partial charge < -0.3 is 5.11 Å². The first-order chi connectivity index (χ1) is 11.4. The minimum absolute atomic E-state index is 0.118. The van der Waals surface area contributed by atoms with E-state index in [4.69, 9.17) is 0 Å². The predicted octanol–water partition coefficient (Wildman–Crippen LogP) is 1.77. The molecule has 1 N–H and O–H groups in total. The molecule has 1 saturated heterocycles. The number of aliphatic hydroxyl groups is 1. The van der Waals surface area contributed by atoms with Gasteiger partial charge in [0, 0.05) is 32.2 Å². The van der Waals surface area contributed by atoms with Crippen LogP contribution in [0.25, 0.3) is 0 Å². The summed E-state index contributed by atoms with van der Waals surface area (Å²) in [5.41, 5.74) is 0.941. The second kappa shape index (κ2) is 6.96. The number of aryl methyl sites for hydroxylation is 1. The molecule has 6 heteroatoms. The molecular formula is C18H26N2O3S. The molecule has 1 aromatic rings. The van der Waals surface area contributed by atoms with Gasteiger partial charge in [-0.3, -0.25) is 4.90 Å². The number of likely N-dealkylation sites (N-methyl/N-ethyl adjacent to an activating group) is 1. The van der Waals surface area contributed by atoms with Gasteiger partial charge >= 0.3 is 0 Å². The highest BCUT2D eigenvalue weighted by atomic mass is 32.2. The molecule has 1 heterocycles. The topological polar surface area (TPSA) is 60.9 Å². The van der Waals surface area contributed by atoms with Crippen LogP contribution < -0.4 is 0 Å². The first kappa shape index (κ1) is 17.6. The molecule has 2 aliphatic rings. The Morgan fingerprint density at radius 3 is 2.58 bits per heavy atom. The number of benzene rings is 1. The maximum Gasteiger partial charge on any atom is 0.243 e. The third kappa shape index (κ3) is 3.57. The van der Waals surface area contributed by atoms with Crippen LogP contribution in [0, 0.1) is 6.92 Å². The van der Waals surface area contributed by atoms with Gasteiger partial charge in [0.05, 0.1) is 11.0 Å². The zero-order valence-corrected chi connectivity index (χ0v) is 15.1. The Balaban J connectivity index is 1.68. The predicted molar refractivity (Wildman–Crippen MR) is 94.3 cm³/mol. The van der Waals surface area contributed by atoms with Gasteiger partial charge in [-0.05, 0) is 43.9 Å². The lowest BCUT2D eigenvalue weighted by atomic mass is 10.0. The fourth-order valence-electron chi connectivity index (χ4n) is 3.54. The zero-order valence-electron chi connectivity index (χ0n) is 14.3. The lowest BCUT2D eigenvalue weighted by Crippen LogP contribution is -2.43. The van der Waals surface area contributed by atoms with E-state index in [1.54, 1.807) is 25.2 Å². The van der Waals surface area contributed by atoms with Gasteiger partial charge in [0.15, 0.2) is 0 Å². The second-order valence-corrected chi connectivity index (χ2v) is 8.86. The number of hydrogen-bond acceptors (Lipinski definition) is 4. The minimum atomic E-state index is -3.48. The van der Waals surface area contributed by atoms with Crippen LogP contribution in [0.4, 0.5) is 0 Å². The molecule has 132 valence electrons. The lowest BCUT2D eigenvalue weighted by Gasteiger charge is -2.34. The molecular weight excluding hydrogens is 324 g/mol. The van der Waals surface area contributed by atoms with Gasteiger partial charge in [-0.1, -0.05) is 24.3 Å². The largest absolute Gasteiger partial charge is 0.393 e. The van der Waals surface area contributed by atoms with Gasteiger partial charge in [0.25, 0.3) is 0 Å². The van der Waals surface area contributed by atoms with Gasteiger partial charge in [-0.2, -0.15) is 4.31 Å². The van der Waals surface area contributed by atoms with E-state index in [-0.39, 0.29) is 18.2 Å². The summed E-state index contributed by atoms with van der Waals surface area (Å²) >= 11 is 0. The average Bonchev–Trinajstić information content (AvgIpc) is 3.04. The van der Waals surface area contributed by atoms with E-state index in [0.717, 1.165) is 37.9 Å². The monoisotopic (exact) mass is 350 g/mol. The van der Waals surface area contributed by atoms with Crippen LogP contribution in [0.15, 0.2) is 41.3 Å². The van der Waals surface area contributed by atoms with Crippen molar-refractivity contribution in [3.8, 4) is 0 Å². The Hall–Kier alpha value is -1.21. The van der Waals surface area contributed by atoms with Crippen LogP contribution in [-0.4, -0.2) is 61.1 Å². The molecule has 0 amide bonds. The van der Waals surface area contributed by atoms with Crippen molar-refractivity contribution >= 4 is 10.0 Å². The van der Waals surface area contributed by atoms with Crippen molar-refractivity contribution in [2.24, 2.45) is 0 Å². The molecule has 0 saturated carbocycles. The van der Waals surface area contributed by atoms with Crippen molar-refractivity contribution in [1.82, 2.24) is 9.21 Å². The summed E-state index contributed by atoms with van der Waals surface area (Å²) < 4.78 is 27.2. The molecule has 0 aromatic heterocycles. The molecule has 2 atom stereocenters. The second-order valence-electron chi connectivity index (χ2n) is 6.86. The van der Waals surface area contributed by atoms with Crippen LogP contribution in [0.1, 0.15) is 24.8 Å². The highest BCUT2D eigenvalue weighted by Gasteiger charge is 2.33. The summed E-state index contributed by atoms with van der Waals surface area (Å²) in [4.78, 5) is 2.69. The molecule has 0 spiro atoms. The quantitative estimate of drug-likeness (QED) is 0.841. The first-order valence-corrected chi connectivity index (χ1v) is 9.97. The number of nitrogens with zero attached hydrogens (tertiary/aromatic N) is 2. The number of hydrogen-bond donors (Lipinski definition) is 1. The van der Waals surface area contributed by atoms with E-state index < -0.39 is 10.0 Å². The molecule has 1 aromatic carbocycles. The minimum Gasteiger partial charge on any atom is -0.393 e. The van der Waals surface area contributed by atoms with Crippen LogP contribution >= 0.6 is 0 Å². The molecule has 24 heavy (non-hydrogen) atoms. The smallest absolute Gasteiger partial charge is 0.243 e.